The van der Waals surface area contributed by atoms with Gasteiger partial charge in [0.25, 0.3) is 11.8 Å². The van der Waals surface area contributed by atoms with Crippen molar-refractivity contribution in [1.82, 2.24) is 30.7 Å². The van der Waals surface area contributed by atoms with Gasteiger partial charge in [0, 0.05) is 32.9 Å². The topological polar surface area (TPSA) is 173 Å². The molecule has 1 aromatic carbocycles. The van der Waals surface area contributed by atoms with Gasteiger partial charge in [-0.15, -0.1) is 0 Å². The number of aromatic nitrogens is 1. The lowest BCUT2D eigenvalue weighted by molar-refractivity contribution is -0.144. The minimum atomic E-state index is -1.32. The lowest BCUT2D eigenvalue weighted by Gasteiger charge is -2.42. The standard InChI is InChI=1S/C33H46N6O7/c1-20(2)27-30(43)35-19-33(11-14-39(15-12-33)31(44)25-10-7-13-34-25)17-23-8-6-9-24(16-23)46-18-26(41)36-28(22(4)40)32(45)38(5)21(3)29(42)37-27/h6-10,13,16,20-22,27-28,34,40H,11-12,14-15,17-19H2,1-5H3,(H,35,43)(H,36,41)(H,37,42)/t21-,22+,27+,28-/m0/s1. The van der Waals surface area contributed by atoms with Crippen molar-refractivity contribution in [2.75, 3.05) is 33.3 Å². The van der Waals surface area contributed by atoms with E-state index in [9.17, 15) is 29.1 Å². The van der Waals surface area contributed by atoms with Crippen LogP contribution in [-0.4, -0.2) is 107 Å². The highest BCUT2D eigenvalue weighted by Crippen LogP contribution is 2.36. The summed E-state index contributed by atoms with van der Waals surface area (Å²) in [6, 6.07) is 7.67. The lowest BCUT2D eigenvalue weighted by Crippen LogP contribution is -2.59. The molecule has 2 aliphatic rings. The summed E-state index contributed by atoms with van der Waals surface area (Å²) in [6.07, 6.45) is 2.28. The molecule has 0 unspecified atom stereocenters. The molecule has 5 N–H and O–H groups in total. The molecule has 0 aliphatic carbocycles. The van der Waals surface area contributed by atoms with Crippen molar-refractivity contribution in [3.63, 3.8) is 0 Å². The molecule has 46 heavy (non-hydrogen) atoms. The molecule has 13 heteroatoms. The maximum absolute atomic E-state index is 13.6. The molecule has 2 bridgehead atoms. The normalized spacial score (nSPS) is 24.2. The van der Waals surface area contributed by atoms with Crippen LogP contribution < -0.4 is 20.7 Å². The Morgan fingerprint density at radius 1 is 1.00 bits per heavy atom. The molecule has 2 aliphatic heterocycles. The number of H-pyrrole nitrogens is 1. The zero-order chi connectivity index (χ0) is 33.6. The minimum absolute atomic E-state index is 0.0772. The number of rotatable bonds is 3. The summed E-state index contributed by atoms with van der Waals surface area (Å²) in [5.74, 6) is -2.07. The summed E-state index contributed by atoms with van der Waals surface area (Å²) >= 11 is 0. The maximum Gasteiger partial charge on any atom is 0.270 e. The van der Waals surface area contributed by atoms with Crippen LogP contribution >= 0.6 is 0 Å². The predicted molar refractivity (Wildman–Crippen MR) is 170 cm³/mol. The molecule has 1 spiro atoms. The molecular formula is C33H46N6O7. The van der Waals surface area contributed by atoms with Gasteiger partial charge in [-0.05, 0) is 74.3 Å². The summed E-state index contributed by atoms with van der Waals surface area (Å²) in [5, 5.41) is 18.7. The van der Waals surface area contributed by atoms with Gasteiger partial charge in [-0.25, -0.2) is 0 Å². The summed E-state index contributed by atoms with van der Waals surface area (Å²) in [4.78, 5) is 72.0. The smallest absolute Gasteiger partial charge is 0.270 e. The van der Waals surface area contributed by atoms with Gasteiger partial charge in [-0.3, -0.25) is 24.0 Å². The molecular weight excluding hydrogens is 592 g/mol. The van der Waals surface area contributed by atoms with Crippen molar-refractivity contribution in [3.05, 3.63) is 53.9 Å². The Bertz CT molecular complexity index is 1400. The first-order valence-corrected chi connectivity index (χ1v) is 15.8. The number of benzene rings is 1. The third kappa shape index (κ3) is 8.25. The van der Waals surface area contributed by atoms with Crippen LogP contribution in [0.2, 0.25) is 0 Å². The van der Waals surface area contributed by atoms with Crippen LogP contribution in [0, 0.1) is 11.3 Å². The van der Waals surface area contributed by atoms with E-state index in [1.54, 1.807) is 24.4 Å². The van der Waals surface area contributed by atoms with E-state index in [-0.39, 0.29) is 17.7 Å². The monoisotopic (exact) mass is 638 g/mol. The largest absolute Gasteiger partial charge is 0.484 e. The van der Waals surface area contributed by atoms with Crippen LogP contribution in [0.5, 0.6) is 5.75 Å². The molecule has 4 rings (SSSR count). The van der Waals surface area contributed by atoms with Crippen molar-refractivity contribution in [3.8, 4) is 5.75 Å². The minimum Gasteiger partial charge on any atom is -0.484 e. The number of aliphatic hydroxyl groups is 1. The molecule has 1 fully saturated rings. The van der Waals surface area contributed by atoms with Crippen molar-refractivity contribution in [2.24, 2.45) is 11.3 Å². The van der Waals surface area contributed by atoms with Gasteiger partial charge in [-0.1, -0.05) is 26.0 Å². The molecule has 3 heterocycles. The number of aromatic amines is 1. The zero-order valence-corrected chi connectivity index (χ0v) is 27.2. The SMILES string of the molecule is CC(C)[C@H]1NC(=O)[C@H](C)N(C)C(=O)[C@H]([C@@H](C)O)NC(=O)COc2cccc(c2)CC2(CCN(C(=O)c3ccc[nH]3)CC2)CNC1=O. The third-order valence-corrected chi connectivity index (χ3v) is 9.04. The first kappa shape index (κ1) is 34.5. The molecule has 5 amide bonds. The zero-order valence-electron chi connectivity index (χ0n) is 27.2. The Hall–Kier alpha value is -4.39. The number of ether oxygens (including phenoxy) is 1. The summed E-state index contributed by atoms with van der Waals surface area (Å²) < 4.78 is 5.77. The third-order valence-electron chi connectivity index (χ3n) is 9.04. The number of piperidine rings is 1. The van der Waals surface area contributed by atoms with Gasteiger partial charge >= 0.3 is 0 Å². The number of amides is 5. The average Bonchev–Trinajstić information content (AvgIpc) is 3.58. The van der Waals surface area contributed by atoms with E-state index in [1.807, 2.05) is 36.9 Å². The molecule has 1 aromatic heterocycles. The summed E-state index contributed by atoms with van der Waals surface area (Å²) in [5.41, 5.74) is 1.04. The van der Waals surface area contributed by atoms with Gasteiger partial charge in [-0.2, -0.15) is 0 Å². The number of hydrogen-bond acceptors (Lipinski definition) is 7. The van der Waals surface area contributed by atoms with E-state index in [0.29, 0.717) is 50.3 Å². The molecule has 250 valence electrons. The van der Waals surface area contributed by atoms with Gasteiger partial charge < -0.3 is 40.6 Å². The molecule has 13 nitrogen and oxygen atoms in total. The van der Waals surface area contributed by atoms with Crippen molar-refractivity contribution < 1.29 is 33.8 Å². The van der Waals surface area contributed by atoms with Crippen LogP contribution in [0.3, 0.4) is 0 Å². The van der Waals surface area contributed by atoms with E-state index < -0.39 is 54.0 Å². The van der Waals surface area contributed by atoms with E-state index in [1.165, 1.54) is 20.9 Å². The number of carbonyl (C=O) groups is 5. The van der Waals surface area contributed by atoms with Crippen LogP contribution in [0.15, 0.2) is 42.6 Å². The average molecular weight is 639 g/mol. The highest BCUT2D eigenvalue weighted by molar-refractivity contribution is 5.94. The first-order valence-electron chi connectivity index (χ1n) is 15.8. The van der Waals surface area contributed by atoms with Crippen LogP contribution in [0.4, 0.5) is 0 Å². The Labute approximate surface area is 269 Å². The van der Waals surface area contributed by atoms with Gasteiger partial charge in [0.05, 0.1) is 6.10 Å². The molecule has 0 radical (unpaired) electrons. The fourth-order valence-corrected chi connectivity index (χ4v) is 5.94. The van der Waals surface area contributed by atoms with Crippen molar-refractivity contribution >= 4 is 29.5 Å². The lowest BCUT2D eigenvalue weighted by atomic mass is 9.73. The number of aliphatic hydroxyl groups excluding tert-OH is 1. The Balaban J connectivity index is 1.63. The Morgan fingerprint density at radius 2 is 1.72 bits per heavy atom. The van der Waals surface area contributed by atoms with Gasteiger partial charge in [0.1, 0.15) is 29.6 Å². The van der Waals surface area contributed by atoms with Crippen LogP contribution in [0.25, 0.3) is 0 Å². The highest BCUT2D eigenvalue weighted by Gasteiger charge is 2.39. The second kappa shape index (κ2) is 14.8. The fourth-order valence-electron chi connectivity index (χ4n) is 5.94. The number of carbonyl (C=O) groups excluding carboxylic acids is 5. The quantitative estimate of drug-likeness (QED) is 0.331. The molecule has 1 saturated heterocycles. The van der Waals surface area contributed by atoms with Crippen LogP contribution in [0.1, 0.15) is 56.6 Å². The summed E-state index contributed by atoms with van der Waals surface area (Å²) in [7, 11) is 1.40. The molecule has 2 aromatic rings. The summed E-state index contributed by atoms with van der Waals surface area (Å²) in [6.45, 7) is 7.44. The fraction of sp³-hybridized carbons (Fsp3) is 0.545. The highest BCUT2D eigenvalue weighted by atomic mass is 16.5. The van der Waals surface area contributed by atoms with E-state index in [0.717, 1.165) is 10.5 Å². The Kier molecular flexibility index (Phi) is 11.1. The van der Waals surface area contributed by atoms with E-state index >= 15 is 0 Å². The second-order valence-electron chi connectivity index (χ2n) is 12.8. The van der Waals surface area contributed by atoms with Crippen LogP contribution in [-0.2, 0) is 25.6 Å². The van der Waals surface area contributed by atoms with Crippen molar-refractivity contribution in [2.45, 2.75) is 71.2 Å². The predicted octanol–water partition coefficient (Wildman–Crippen LogP) is 0.842. The maximum atomic E-state index is 13.6. The van der Waals surface area contributed by atoms with Gasteiger partial charge in [0.2, 0.25) is 17.7 Å². The number of hydrogen-bond donors (Lipinski definition) is 5. The second-order valence-corrected chi connectivity index (χ2v) is 12.8. The number of nitrogens with zero attached hydrogens (tertiary/aromatic N) is 2. The number of likely N-dealkylation sites (N-methyl/N-ethyl adjacent to an activating group) is 1. The molecule has 4 atom stereocenters. The Morgan fingerprint density at radius 3 is 2.35 bits per heavy atom. The number of likely N-dealkylation sites (tertiary alicyclic amines) is 1. The van der Waals surface area contributed by atoms with E-state index in [4.69, 9.17) is 4.74 Å². The van der Waals surface area contributed by atoms with Gasteiger partial charge in [0.15, 0.2) is 6.61 Å². The van der Waals surface area contributed by atoms with E-state index in [2.05, 4.69) is 20.9 Å². The molecule has 0 saturated carbocycles. The number of fused-ring (bicyclic) bond motifs is 2. The number of nitrogens with one attached hydrogen (secondary N) is 4. The first-order chi connectivity index (χ1) is 21.8. The van der Waals surface area contributed by atoms with Crippen molar-refractivity contribution in [1.29, 1.82) is 0 Å².